The SMILES string of the molecule is CCCNC1CCN(C(C)c2cccs2)CC1C. The third-order valence-electron chi connectivity index (χ3n) is 4.10. The molecule has 0 radical (unpaired) electrons. The highest BCUT2D eigenvalue weighted by Crippen LogP contribution is 2.29. The normalized spacial score (nSPS) is 27.3. The molecule has 1 aromatic heterocycles. The molecule has 1 N–H and O–H groups in total. The summed E-state index contributed by atoms with van der Waals surface area (Å²) < 4.78 is 0. The minimum absolute atomic E-state index is 0.583. The second-order valence-electron chi connectivity index (χ2n) is 5.51. The molecule has 0 spiro atoms. The molecule has 2 rings (SSSR count). The fourth-order valence-corrected chi connectivity index (χ4v) is 3.69. The molecule has 1 aromatic rings. The lowest BCUT2D eigenvalue weighted by molar-refractivity contribution is 0.113. The first-order valence-corrected chi connectivity index (χ1v) is 8.11. The Labute approximate surface area is 115 Å². The van der Waals surface area contributed by atoms with Gasteiger partial charge in [0.05, 0.1) is 0 Å². The molecule has 1 aliphatic rings. The van der Waals surface area contributed by atoms with Crippen LogP contribution in [-0.4, -0.2) is 30.6 Å². The van der Waals surface area contributed by atoms with Gasteiger partial charge in [-0.15, -0.1) is 11.3 Å². The lowest BCUT2D eigenvalue weighted by Gasteiger charge is -2.40. The van der Waals surface area contributed by atoms with Crippen molar-refractivity contribution in [1.82, 2.24) is 10.2 Å². The van der Waals surface area contributed by atoms with Crippen LogP contribution in [0.4, 0.5) is 0 Å². The van der Waals surface area contributed by atoms with Gasteiger partial charge in [0.1, 0.15) is 0 Å². The lowest BCUT2D eigenvalue weighted by Crippen LogP contribution is -2.48. The van der Waals surface area contributed by atoms with E-state index in [1.807, 2.05) is 11.3 Å². The van der Waals surface area contributed by atoms with Crippen molar-refractivity contribution in [2.24, 2.45) is 5.92 Å². The Morgan fingerprint density at radius 1 is 1.56 bits per heavy atom. The van der Waals surface area contributed by atoms with Crippen molar-refractivity contribution >= 4 is 11.3 Å². The smallest absolute Gasteiger partial charge is 0.0413 e. The highest BCUT2D eigenvalue weighted by atomic mass is 32.1. The zero-order valence-corrected chi connectivity index (χ0v) is 12.7. The molecule has 2 heterocycles. The van der Waals surface area contributed by atoms with Crippen LogP contribution < -0.4 is 5.32 Å². The predicted octanol–water partition coefficient (Wildman–Crippen LogP) is 3.52. The molecule has 0 aliphatic carbocycles. The summed E-state index contributed by atoms with van der Waals surface area (Å²) in [5.74, 6) is 0.757. The van der Waals surface area contributed by atoms with Gasteiger partial charge in [0, 0.05) is 30.1 Å². The van der Waals surface area contributed by atoms with Gasteiger partial charge >= 0.3 is 0 Å². The van der Waals surface area contributed by atoms with Crippen LogP contribution in [0, 0.1) is 5.92 Å². The highest BCUT2D eigenvalue weighted by Gasteiger charge is 2.28. The van der Waals surface area contributed by atoms with Gasteiger partial charge in [-0.25, -0.2) is 0 Å². The highest BCUT2D eigenvalue weighted by molar-refractivity contribution is 7.10. The summed E-state index contributed by atoms with van der Waals surface area (Å²) in [7, 11) is 0. The number of thiophene rings is 1. The molecule has 1 saturated heterocycles. The van der Waals surface area contributed by atoms with E-state index in [2.05, 4.69) is 48.5 Å². The molecular formula is C15H26N2S. The molecule has 18 heavy (non-hydrogen) atoms. The Kier molecular flexibility index (Phi) is 5.22. The van der Waals surface area contributed by atoms with E-state index in [-0.39, 0.29) is 0 Å². The van der Waals surface area contributed by atoms with E-state index in [1.54, 1.807) is 0 Å². The molecule has 3 unspecified atom stereocenters. The third-order valence-corrected chi connectivity index (χ3v) is 5.14. The number of hydrogen-bond acceptors (Lipinski definition) is 3. The average Bonchev–Trinajstić information content (AvgIpc) is 2.90. The van der Waals surface area contributed by atoms with Crippen LogP contribution in [0.1, 0.15) is 44.5 Å². The van der Waals surface area contributed by atoms with Crippen molar-refractivity contribution in [3.63, 3.8) is 0 Å². The predicted molar refractivity (Wildman–Crippen MR) is 80.2 cm³/mol. The van der Waals surface area contributed by atoms with Gasteiger partial charge < -0.3 is 5.32 Å². The topological polar surface area (TPSA) is 15.3 Å². The van der Waals surface area contributed by atoms with Crippen LogP contribution in [-0.2, 0) is 0 Å². The summed E-state index contributed by atoms with van der Waals surface area (Å²) in [4.78, 5) is 4.14. The van der Waals surface area contributed by atoms with Gasteiger partial charge in [-0.1, -0.05) is 19.9 Å². The number of likely N-dealkylation sites (tertiary alicyclic amines) is 1. The van der Waals surface area contributed by atoms with Crippen LogP contribution in [0.2, 0.25) is 0 Å². The van der Waals surface area contributed by atoms with E-state index in [9.17, 15) is 0 Å². The summed E-state index contributed by atoms with van der Waals surface area (Å²) in [6, 6.07) is 5.73. The van der Waals surface area contributed by atoms with E-state index in [1.165, 1.54) is 30.8 Å². The molecule has 0 saturated carbocycles. The Balaban J connectivity index is 1.87. The summed E-state index contributed by atoms with van der Waals surface area (Å²) in [5.41, 5.74) is 0. The second kappa shape index (κ2) is 6.69. The third kappa shape index (κ3) is 3.34. The Morgan fingerprint density at radius 2 is 2.39 bits per heavy atom. The molecule has 2 nitrogen and oxygen atoms in total. The average molecular weight is 266 g/mol. The lowest BCUT2D eigenvalue weighted by atomic mass is 9.92. The van der Waals surface area contributed by atoms with Gasteiger partial charge in [0.25, 0.3) is 0 Å². The number of piperidine rings is 1. The zero-order chi connectivity index (χ0) is 13.0. The van der Waals surface area contributed by atoms with Gasteiger partial charge in [0.15, 0.2) is 0 Å². The molecule has 0 amide bonds. The summed E-state index contributed by atoms with van der Waals surface area (Å²) in [5, 5.41) is 5.88. The maximum atomic E-state index is 3.69. The van der Waals surface area contributed by atoms with Crippen LogP contribution in [0.25, 0.3) is 0 Å². The second-order valence-corrected chi connectivity index (χ2v) is 6.49. The zero-order valence-electron chi connectivity index (χ0n) is 11.9. The number of hydrogen-bond donors (Lipinski definition) is 1. The fourth-order valence-electron chi connectivity index (χ4n) is 2.87. The number of rotatable bonds is 5. The van der Waals surface area contributed by atoms with Crippen molar-refractivity contribution in [3.05, 3.63) is 22.4 Å². The first-order chi connectivity index (χ1) is 8.72. The molecule has 0 bridgehead atoms. The molecule has 102 valence electrons. The largest absolute Gasteiger partial charge is 0.314 e. The van der Waals surface area contributed by atoms with Crippen molar-refractivity contribution < 1.29 is 0 Å². The fraction of sp³-hybridized carbons (Fsp3) is 0.733. The minimum Gasteiger partial charge on any atom is -0.314 e. The van der Waals surface area contributed by atoms with Crippen molar-refractivity contribution in [2.75, 3.05) is 19.6 Å². The summed E-state index contributed by atoms with van der Waals surface area (Å²) in [6.45, 7) is 10.6. The van der Waals surface area contributed by atoms with E-state index in [0.29, 0.717) is 6.04 Å². The molecule has 1 aliphatic heterocycles. The van der Waals surface area contributed by atoms with Gasteiger partial charge in [-0.3, -0.25) is 4.90 Å². The van der Waals surface area contributed by atoms with E-state index in [4.69, 9.17) is 0 Å². The minimum atomic E-state index is 0.583. The van der Waals surface area contributed by atoms with Crippen LogP contribution in [0.5, 0.6) is 0 Å². The quantitative estimate of drug-likeness (QED) is 0.877. The number of nitrogens with one attached hydrogen (secondary N) is 1. The van der Waals surface area contributed by atoms with E-state index >= 15 is 0 Å². The first kappa shape index (κ1) is 14.0. The molecule has 1 fully saturated rings. The number of nitrogens with zero attached hydrogens (tertiary/aromatic N) is 1. The van der Waals surface area contributed by atoms with Gasteiger partial charge in [-0.05, 0) is 43.7 Å². The molecule has 0 aromatic carbocycles. The van der Waals surface area contributed by atoms with Crippen LogP contribution in [0.15, 0.2) is 17.5 Å². The van der Waals surface area contributed by atoms with Crippen molar-refractivity contribution in [1.29, 1.82) is 0 Å². The first-order valence-electron chi connectivity index (χ1n) is 7.23. The maximum absolute atomic E-state index is 3.69. The van der Waals surface area contributed by atoms with E-state index < -0.39 is 0 Å². The molecule has 3 heteroatoms. The molecular weight excluding hydrogens is 240 g/mol. The Hall–Kier alpha value is -0.380. The van der Waals surface area contributed by atoms with Gasteiger partial charge in [-0.2, -0.15) is 0 Å². The summed E-state index contributed by atoms with van der Waals surface area (Å²) >= 11 is 1.88. The standard InChI is InChI=1S/C15H26N2S/c1-4-8-16-14-7-9-17(11-12(14)2)13(3)15-6-5-10-18-15/h5-6,10,12-14,16H,4,7-9,11H2,1-3H3. The molecule has 3 atom stereocenters. The monoisotopic (exact) mass is 266 g/mol. The Bertz CT molecular complexity index is 336. The summed E-state index contributed by atoms with van der Waals surface area (Å²) in [6.07, 6.45) is 2.52. The van der Waals surface area contributed by atoms with Gasteiger partial charge in [0.2, 0.25) is 0 Å². The van der Waals surface area contributed by atoms with Crippen LogP contribution >= 0.6 is 11.3 Å². The Morgan fingerprint density at radius 3 is 3.00 bits per heavy atom. The van der Waals surface area contributed by atoms with Crippen LogP contribution in [0.3, 0.4) is 0 Å². The van der Waals surface area contributed by atoms with E-state index in [0.717, 1.165) is 18.5 Å². The van der Waals surface area contributed by atoms with Crippen molar-refractivity contribution in [3.8, 4) is 0 Å². The van der Waals surface area contributed by atoms with Crippen molar-refractivity contribution in [2.45, 2.75) is 45.7 Å². The maximum Gasteiger partial charge on any atom is 0.0413 e.